The third kappa shape index (κ3) is 4.01. The maximum absolute atomic E-state index is 12.7. The van der Waals surface area contributed by atoms with Gasteiger partial charge in [0.1, 0.15) is 5.75 Å². The van der Waals surface area contributed by atoms with Gasteiger partial charge in [-0.1, -0.05) is 29.8 Å². The summed E-state index contributed by atoms with van der Waals surface area (Å²) in [6.07, 6.45) is -5.45. The quantitative estimate of drug-likeness (QED) is 0.783. The van der Waals surface area contributed by atoms with Crippen molar-refractivity contribution in [3.63, 3.8) is 0 Å². The zero-order valence-electron chi connectivity index (χ0n) is 11.5. The molecule has 1 atom stereocenters. The van der Waals surface area contributed by atoms with Crippen LogP contribution in [0.1, 0.15) is 24.2 Å². The van der Waals surface area contributed by atoms with E-state index in [0.717, 1.165) is 12.1 Å². The first kappa shape index (κ1) is 16.4. The van der Waals surface area contributed by atoms with E-state index < -0.39 is 17.8 Å². The molecule has 2 nitrogen and oxygen atoms in total. The minimum Gasteiger partial charge on any atom is -0.478 e. The number of carbonyl (C=O) groups is 1. The average molecular weight is 329 g/mol. The summed E-state index contributed by atoms with van der Waals surface area (Å²) in [6.45, 7) is 1.31. The molecule has 116 valence electrons. The monoisotopic (exact) mass is 328 g/mol. The molecule has 0 aliphatic heterocycles. The molecule has 0 aliphatic rings. The standard InChI is InChI=1S/C16H12ClF3O2/c1-10(21)15(11-5-7-13(17)8-6-11)22-14-4-2-3-12(9-14)16(18,19)20/h2-9,15H,1H3/t15-/m0/s1. The Morgan fingerprint density at radius 1 is 1.14 bits per heavy atom. The van der Waals surface area contributed by atoms with Crippen LogP contribution >= 0.6 is 11.6 Å². The number of ketones is 1. The molecule has 0 saturated heterocycles. The van der Waals surface area contributed by atoms with Crippen molar-refractivity contribution >= 4 is 17.4 Å². The Morgan fingerprint density at radius 2 is 1.77 bits per heavy atom. The van der Waals surface area contributed by atoms with Gasteiger partial charge in [0.05, 0.1) is 5.56 Å². The van der Waals surface area contributed by atoms with Crippen LogP contribution in [0.15, 0.2) is 48.5 Å². The molecule has 2 aromatic carbocycles. The van der Waals surface area contributed by atoms with E-state index in [1.165, 1.54) is 19.1 Å². The molecule has 0 bridgehead atoms. The first-order chi connectivity index (χ1) is 10.3. The Labute approximate surface area is 130 Å². The van der Waals surface area contributed by atoms with Crippen molar-refractivity contribution in [2.75, 3.05) is 0 Å². The van der Waals surface area contributed by atoms with E-state index in [1.807, 2.05) is 0 Å². The summed E-state index contributed by atoms with van der Waals surface area (Å²) >= 11 is 5.78. The molecule has 0 fully saturated rings. The lowest BCUT2D eigenvalue weighted by Gasteiger charge is -2.18. The molecule has 0 aliphatic carbocycles. The number of alkyl halides is 3. The van der Waals surface area contributed by atoms with Gasteiger partial charge in [0.25, 0.3) is 0 Å². The summed E-state index contributed by atoms with van der Waals surface area (Å²) in [7, 11) is 0. The Hall–Kier alpha value is -2.01. The van der Waals surface area contributed by atoms with Crippen LogP contribution in [0.5, 0.6) is 5.75 Å². The average Bonchev–Trinajstić information content (AvgIpc) is 2.45. The fourth-order valence-corrected chi connectivity index (χ4v) is 2.03. The number of Topliss-reactive ketones (excluding diaryl/α,β-unsaturated/α-hetero) is 1. The molecule has 0 N–H and O–H groups in total. The molecular formula is C16H12ClF3O2. The third-order valence-corrected chi connectivity index (χ3v) is 3.21. The van der Waals surface area contributed by atoms with Crippen molar-refractivity contribution < 1.29 is 22.7 Å². The fraction of sp³-hybridized carbons (Fsp3) is 0.188. The number of carbonyl (C=O) groups excluding carboxylic acids is 1. The summed E-state index contributed by atoms with van der Waals surface area (Å²) in [5.41, 5.74) is -0.308. The van der Waals surface area contributed by atoms with Crippen LogP contribution in [0.25, 0.3) is 0 Å². The maximum atomic E-state index is 12.7. The summed E-state index contributed by atoms with van der Waals surface area (Å²) in [4.78, 5) is 11.7. The Balaban J connectivity index is 2.29. The van der Waals surface area contributed by atoms with E-state index in [-0.39, 0.29) is 11.5 Å². The van der Waals surface area contributed by atoms with Crippen LogP contribution in [0.3, 0.4) is 0 Å². The number of rotatable bonds is 4. The molecule has 22 heavy (non-hydrogen) atoms. The Bertz CT molecular complexity index is 666. The lowest BCUT2D eigenvalue weighted by molar-refractivity contribution is -0.137. The SMILES string of the molecule is CC(=O)[C@H](Oc1cccc(C(F)(F)F)c1)c1ccc(Cl)cc1. The number of hydrogen-bond acceptors (Lipinski definition) is 2. The second-order valence-electron chi connectivity index (χ2n) is 4.69. The molecule has 2 aromatic rings. The highest BCUT2D eigenvalue weighted by atomic mass is 35.5. The zero-order valence-corrected chi connectivity index (χ0v) is 12.3. The van der Waals surface area contributed by atoms with Gasteiger partial charge in [-0.25, -0.2) is 0 Å². The molecule has 6 heteroatoms. The van der Waals surface area contributed by atoms with Crippen molar-refractivity contribution in [3.8, 4) is 5.75 Å². The van der Waals surface area contributed by atoms with Crippen LogP contribution in [0, 0.1) is 0 Å². The molecule has 0 radical (unpaired) electrons. The minimum atomic E-state index is -4.47. The third-order valence-electron chi connectivity index (χ3n) is 2.96. The van der Waals surface area contributed by atoms with Crippen molar-refractivity contribution in [3.05, 3.63) is 64.7 Å². The number of benzene rings is 2. The van der Waals surface area contributed by atoms with E-state index in [2.05, 4.69) is 0 Å². The molecule has 0 spiro atoms. The van der Waals surface area contributed by atoms with Crippen LogP contribution in [0.4, 0.5) is 13.2 Å². The normalized spacial score (nSPS) is 12.8. The number of hydrogen-bond donors (Lipinski definition) is 0. The van der Waals surface area contributed by atoms with Crippen molar-refractivity contribution in [1.82, 2.24) is 0 Å². The van der Waals surface area contributed by atoms with Gasteiger partial charge in [0.2, 0.25) is 0 Å². The summed E-state index contributed by atoms with van der Waals surface area (Å²) < 4.78 is 43.5. The molecule has 2 rings (SSSR count). The molecule has 0 heterocycles. The first-order valence-corrected chi connectivity index (χ1v) is 6.75. The van der Waals surface area contributed by atoms with Gasteiger partial charge in [-0.3, -0.25) is 4.79 Å². The molecular weight excluding hydrogens is 317 g/mol. The lowest BCUT2D eigenvalue weighted by atomic mass is 10.1. The van der Waals surface area contributed by atoms with Crippen LogP contribution < -0.4 is 4.74 Å². The zero-order chi connectivity index (χ0) is 16.3. The molecule has 0 unspecified atom stereocenters. The van der Waals surface area contributed by atoms with E-state index in [0.29, 0.717) is 10.6 Å². The maximum Gasteiger partial charge on any atom is 0.416 e. The fourth-order valence-electron chi connectivity index (χ4n) is 1.91. The van der Waals surface area contributed by atoms with Crippen molar-refractivity contribution in [1.29, 1.82) is 0 Å². The minimum absolute atomic E-state index is 0.0232. The van der Waals surface area contributed by atoms with E-state index in [9.17, 15) is 18.0 Å². The topological polar surface area (TPSA) is 26.3 Å². The van der Waals surface area contributed by atoms with Crippen molar-refractivity contribution in [2.24, 2.45) is 0 Å². The molecule has 0 amide bonds. The van der Waals surface area contributed by atoms with Gasteiger partial charge in [-0.2, -0.15) is 13.2 Å². The van der Waals surface area contributed by atoms with E-state index in [1.54, 1.807) is 24.3 Å². The van der Waals surface area contributed by atoms with Crippen LogP contribution in [-0.2, 0) is 11.0 Å². The van der Waals surface area contributed by atoms with Crippen LogP contribution in [-0.4, -0.2) is 5.78 Å². The first-order valence-electron chi connectivity index (χ1n) is 6.37. The van der Waals surface area contributed by atoms with Gasteiger partial charge in [0.15, 0.2) is 11.9 Å². The van der Waals surface area contributed by atoms with E-state index in [4.69, 9.17) is 16.3 Å². The summed E-state index contributed by atoms with van der Waals surface area (Å²) in [5, 5.41) is 0.491. The summed E-state index contributed by atoms with van der Waals surface area (Å²) in [5.74, 6) is -0.343. The number of ether oxygens (including phenoxy) is 1. The Morgan fingerprint density at radius 3 is 2.32 bits per heavy atom. The van der Waals surface area contributed by atoms with Crippen LogP contribution in [0.2, 0.25) is 5.02 Å². The highest BCUT2D eigenvalue weighted by Crippen LogP contribution is 2.32. The predicted octanol–water partition coefficient (Wildman–Crippen LogP) is 5.07. The predicted molar refractivity (Wildman–Crippen MR) is 76.9 cm³/mol. The Kier molecular flexibility index (Phi) is 4.76. The van der Waals surface area contributed by atoms with Crippen molar-refractivity contribution in [2.45, 2.75) is 19.2 Å². The highest BCUT2D eigenvalue weighted by Gasteiger charge is 2.31. The second-order valence-corrected chi connectivity index (χ2v) is 5.12. The second kappa shape index (κ2) is 6.40. The van der Waals surface area contributed by atoms with Gasteiger partial charge in [0, 0.05) is 5.02 Å². The van der Waals surface area contributed by atoms with Gasteiger partial charge >= 0.3 is 6.18 Å². The number of halogens is 4. The smallest absolute Gasteiger partial charge is 0.416 e. The van der Waals surface area contributed by atoms with Gasteiger partial charge in [-0.15, -0.1) is 0 Å². The molecule has 0 saturated carbocycles. The van der Waals surface area contributed by atoms with E-state index >= 15 is 0 Å². The van der Waals surface area contributed by atoms with Gasteiger partial charge in [-0.05, 0) is 42.8 Å². The largest absolute Gasteiger partial charge is 0.478 e. The highest BCUT2D eigenvalue weighted by molar-refractivity contribution is 6.30. The molecule has 0 aromatic heterocycles. The lowest BCUT2D eigenvalue weighted by Crippen LogP contribution is -2.16. The summed E-state index contributed by atoms with van der Waals surface area (Å²) in [6, 6.07) is 10.8. The van der Waals surface area contributed by atoms with Gasteiger partial charge < -0.3 is 4.74 Å².